The predicted molar refractivity (Wildman–Crippen MR) is 95.5 cm³/mol. The molecule has 1 aliphatic heterocycles. The van der Waals surface area contributed by atoms with Crippen molar-refractivity contribution in [3.63, 3.8) is 0 Å². The van der Waals surface area contributed by atoms with E-state index in [0.717, 1.165) is 24.3 Å². The molecule has 5 nitrogen and oxygen atoms in total. The van der Waals surface area contributed by atoms with Crippen LogP contribution in [-0.4, -0.2) is 28.5 Å². The highest BCUT2D eigenvalue weighted by atomic mass is 16.6. The van der Waals surface area contributed by atoms with E-state index in [0.29, 0.717) is 23.3 Å². The Morgan fingerprint density at radius 2 is 1.96 bits per heavy atom. The van der Waals surface area contributed by atoms with Gasteiger partial charge in [-0.25, -0.2) is 4.79 Å². The number of carboxylic acids is 1. The number of aliphatic carboxylic acids is 1. The van der Waals surface area contributed by atoms with E-state index >= 15 is 0 Å². The third-order valence-electron chi connectivity index (χ3n) is 5.92. The lowest BCUT2D eigenvalue weighted by atomic mass is 9.69. The molecule has 1 aliphatic carbocycles. The number of carbonyl (C=O) groups is 1. The average molecular weight is 346 g/mol. The standard InChI is InChI=1S/C20H28NO4/c1-12(2)15-10-9-13(3)11-16(15)19-21(24)17(18(25-19)20(22)23)14-7-5-4-6-8-14/h4-8,12-13,15-19H,9-11H2,1-3H3,(H,22,23)/q-1/t13-,15?,16?,17-,18+,19?/m0/s1. The highest BCUT2D eigenvalue weighted by Gasteiger charge is 2.48. The van der Waals surface area contributed by atoms with Crippen molar-refractivity contribution in [2.45, 2.75) is 58.4 Å². The van der Waals surface area contributed by atoms with Gasteiger partial charge in [-0.3, -0.25) is 0 Å². The number of hydrogen-bond acceptors (Lipinski definition) is 4. The van der Waals surface area contributed by atoms with Crippen LogP contribution in [0.5, 0.6) is 0 Å². The molecule has 3 rings (SSSR count). The Bertz CT molecular complexity index is 591. The maximum absolute atomic E-state index is 13.1. The zero-order chi connectivity index (χ0) is 18.1. The number of hydroxylamine groups is 2. The summed E-state index contributed by atoms with van der Waals surface area (Å²) in [7, 11) is 0. The first kappa shape index (κ1) is 18.4. The summed E-state index contributed by atoms with van der Waals surface area (Å²) in [6, 6.07) is 8.35. The topological polar surface area (TPSA) is 72.8 Å². The summed E-state index contributed by atoms with van der Waals surface area (Å²) in [6.45, 7) is 6.57. The van der Waals surface area contributed by atoms with Crippen LogP contribution in [0, 0.1) is 28.9 Å². The number of nitrogens with zero attached hydrogens (tertiary/aromatic N) is 1. The van der Waals surface area contributed by atoms with E-state index in [1.54, 1.807) is 12.1 Å². The van der Waals surface area contributed by atoms with Gasteiger partial charge in [-0.05, 0) is 36.2 Å². The zero-order valence-corrected chi connectivity index (χ0v) is 15.2. The second-order valence-corrected chi connectivity index (χ2v) is 7.99. The van der Waals surface area contributed by atoms with Crippen molar-refractivity contribution < 1.29 is 14.6 Å². The molecule has 1 aromatic rings. The molecule has 0 bridgehead atoms. The molecular formula is C20H28NO4-. The molecular weight excluding hydrogens is 318 g/mol. The Balaban J connectivity index is 1.90. The van der Waals surface area contributed by atoms with Crippen molar-refractivity contribution in [3.05, 3.63) is 41.1 Å². The number of benzene rings is 1. The van der Waals surface area contributed by atoms with Gasteiger partial charge in [-0.2, -0.15) is 0 Å². The second-order valence-electron chi connectivity index (χ2n) is 7.99. The van der Waals surface area contributed by atoms with Crippen LogP contribution in [0.3, 0.4) is 0 Å². The van der Waals surface area contributed by atoms with Crippen LogP contribution in [0.1, 0.15) is 51.6 Å². The van der Waals surface area contributed by atoms with E-state index in [1.165, 1.54) is 0 Å². The van der Waals surface area contributed by atoms with Crippen molar-refractivity contribution in [3.8, 4) is 0 Å². The van der Waals surface area contributed by atoms with Gasteiger partial charge in [-0.15, -0.1) is 0 Å². The molecule has 1 heterocycles. The lowest BCUT2D eigenvalue weighted by Crippen LogP contribution is -2.42. The number of hydrogen-bond donors (Lipinski definition) is 1. The largest absolute Gasteiger partial charge is 0.783 e. The molecule has 1 saturated carbocycles. The summed E-state index contributed by atoms with van der Waals surface area (Å²) < 4.78 is 5.88. The van der Waals surface area contributed by atoms with Crippen LogP contribution in [0.15, 0.2) is 30.3 Å². The van der Waals surface area contributed by atoms with Gasteiger partial charge in [0.15, 0.2) is 6.10 Å². The summed E-state index contributed by atoms with van der Waals surface area (Å²) in [5.74, 6) is 0.394. The average Bonchev–Trinajstić information content (AvgIpc) is 2.92. The second kappa shape index (κ2) is 7.44. The van der Waals surface area contributed by atoms with E-state index in [2.05, 4.69) is 20.8 Å². The first-order valence-corrected chi connectivity index (χ1v) is 9.28. The van der Waals surface area contributed by atoms with Gasteiger partial charge in [-0.1, -0.05) is 57.5 Å². The van der Waals surface area contributed by atoms with Gasteiger partial charge in [0.25, 0.3) is 0 Å². The van der Waals surface area contributed by atoms with Crippen molar-refractivity contribution in [1.29, 1.82) is 0 Å². The van der Waals surface area contributed by atoms with E-state index in [-0.39, 0.29) is 5.92 Å². The van der Waals surface area contributed by atoms with Gasteiger partial charge in [0, 0.05) is 5.92 Å². The van der Waals surface area contributed by atoms with Crippen LogP contribution in [0.2, 0.25) is 0 Å². The van der Waals surface area contributed by atoms with Gasteiger partial charge < -0.3 is 20.1 Å². The molecule has 0 amide bonds. The third kappa shape index (κ3) is 3.59. The molecule has 2 aliphatic rings. The fourth-order valence-corrected chi connectivity index (χ4v) is 4.64. The van der Waals surface area contributed by atoms with E-state index < -0.39 is 24.3 Å². The maximum atomic E-state index is 13.1. The van der Waals surface area contributed by atoms with Crippen molar-refractivity contribution in [2.75, 3.05) is 0 Å². The monoisotopic (exact) mass is 346 g/mol. The molecule has 5 heteroatoms. The number of rotatable bonds is 4. The minimum Gasteiger partial charge on any atom is -0.783 e. The fourth-order valence-electron chi connectivity index (χ4n) is 4.64. The Hall–Kier alpha value is -1.43. The van der Waals surface area contributed by atoms with Crippen LogP contribution in [0.25, 0.3) is 0 Å². The molecule has 0 radical (unpaired) electrons. The Labute approximate surface area is 149 Å². The van der Waals surface area contributed by atoms with Crippen molar-refractivity contribution >= 4 is 5.97 Å². The van der Waals surface area contributed by atoms with Gasteiger partial charge in [0.05, 0.1) is 6.04 Å². The van der Waals surface area contributed by atoms with E-state index in [1.807, 2.05) is 18.2 Å². The van der Waals surface area contributed by atoms with E-state index in [9.17, 15) is 15.1 Å². The normalized spacial score (nSPS) is 36.7. The first-order chi connectivity index (χ1) is 11.9. The highest BCUT2D eigenvalue weighted by Crippen LogP contribution is 2.46. The van der Waals surface area contributed by atoms with Crippen LogP contribution in [0.4, 0.5) is 0 Å². The van der Waals surface area contributed by atoms with Crippen LogP contribution in [-0.2, 0) is 9.53 Å². The summed E-state index contributed by atoms with van der Waals surface area (Å²) in [5.41, 5.74) is 0.706. The Morgan fingerprint density at radius 3 is 2.56 bits per heavy atom. The van der Waals surface area contributed by atoms with Gasteiger partial charge in [0.1, 0.15) is 6.23 Å². The fraction of sp³-hybridized carbons (Fsp3) is 0.650. The maximum Gasteiger partial charge on any atom is 0.334 e. The summed E-state index contributed by atoms with van der Waals surface area (Å²) in [5, 5.41) is 23.7. The number of carboxylic acid groups (broad SMARTS) is 1. The number of ether oxygens (including phenoxy) is 1. The Morgan fingerprint density at radius 1 is 1.28 bits per heavy atom. The molecule has 3 unspecified atom stereocenters. The van der Waals surface area contributed by atoms with Crippen LogP contribution >= 0.6 is 0 Å². The van der Waals surface area contributed by atoms with Crippen molar-refractivity contribution in [2.24, 2.45) is 23.7 Å². The molecule has 0 spiro atoms. The SMILES string of the molecule is CC(C)C1CC[C@H](C)CC1C1O[C@@H](C(=O)O)[C@H](c2ccccc2)N1[O-]. The summed E-state index contributed by atoms with van der Waals surface area (Å²) >= 11 is 0. The molecule has 1 N–H and O–H groups in total. The smallest absolute Gasteiger partial charge is 0.334 e. The highest BCUT2D eigenvalue weighted by molar-refractivity contribution is 5.74. The molecule has 2 fully saturated rings. The molecule has 138 valence electrons. The lowest BCUT2D eigenvalue weighted by molar-refractivity contribution is -0.153. The molecule has 0 aromatic heterocycles. The zero-order valence-electron chi connectivity index (χ0n) is 15.2. The molecule has 1 aromatic carbocycles. The quantitative estimate of drug-likeness (QED) is 0.890. The van der Waals surface area contributed by atoms with Crippen LogP contribution < -0.4 is 0 Å². The summed E-state index contributed by atoms with van der Waals surface area (Å²) in [4.78, 5) is 11.7. The third-order valence-corrected chi connectivity index (χ3v) is 5.92. The van der Waals surface area contributed by atoms with E-state index in [4.69, 9.17) is 4.74 Å². The Kier molecular flexibility index (Phi) is 5.46. The van der Waals surface area contributed by atoms with Crippen molar-refractivity contribution in [1.82, 2.24) is 5.06 Å². The molecule has 1 saturated heterocycles. The van der Waals surface area contributed by atoms with Gasteiger partial charge >= 0.3 is 5.97 Å². The minimum absolute atomic E-state index is 0.0804. The molecule has 6 atom stereocenters. The first-order valence-electron chi connectivity index (χ1n) is 9.28. The van der Waals surface area contributed by atoms with Gasteiger partial charge in [0.2, 0.25) is 0 Å². The predicted octanol–water partition coefficient (Wildman–Crippen LogP) is 4.05. The molecule has 25 heavy (non-hydrogen) atoms. The summed E-state index contributed by atoms with van der Waals surface area (Å²) in [6.07, 6.45) is 1.36. The lowest BCUT2D eigenvalue weighted by Gasteiger charge is -2.45. The minimum atomic E-state index is -1.12.